The van der Waals surface area contributed by atoms with E-state index in [0.29, 0.717) is 6.42 Å². The molecule has 100 valence electrons. The number of carbonyl (C=O) groups is 1. The first-order valence-corrected chi connectivity index (χ1v) is 7.38. The van der Waals surface area contributed by atoms with E-state index in [1.165, 1.54) is 0 Å². The number of nitrogens with two attached hydrogens (primary N) is 1. The number of rotatable bonds is 6. The highest BCUT2D eigenvalue weighted by atomic mass is 32.2. The third-order valence-electron chi connectivity index (χ3n) is 2.95. The molecule has 0 fully saturated rings. The number of hydrogen-bond acceptors (Lipinski definition) is 3. The fourth-order valence-electron chi connectivity index (χ4n) is 1.58. The zero-order valence-electron chi connectivity index (χ0n) is 11.3. The van der Waals surface area contributed by atoms with E-state index in [2.05, 4.69) is 13.8 Å². The molecule has 0 saturated heterocycles. The average molecular weight is 266 g/mol. The molecule has 3 nitrogen and oxygen atoms in total. The molecule has 0 aromatic heterocycles. The normalized spacial score (nSPS) is 12.2. The highest BCUT2D eigenvalue weighted by Crippen LogP contribution is 2.11. The lowest BCUT2D eigenvalue weighted by molar-refractivity contribution is -0.130. The monoisotopic (exact) mass is 266 g/mol. The lowest BCUT2D eigenvalue weighted by Gasteiger charge is -2.24. The maximum atomic E-state index is 12.1. The van der Waals surface area contributed by atoms with E-state index in [1.807, 2.05) is 48.0 Å². The van der Waals surface area contributed by atoms with E-state index >= 15 is 0 Å². The van der Waals surface area contributed by atoms with Gasteiger partial charge in [-0.15, -0.1) is 0 Å². The van der Waals surface area contributed by atoms with Crippen molar-refractivity contribution in [1.82, 2.24) is 4.90 Å². The summed E-state index contributed by atoms with van der Waals surface area (Å²) in [4.78, 5) is 13.9. The number of nitrogen functional groups attached to an aromatic ring is 1. The minimum atomic E-state index is 0.156. The van der Waals surface area contributed by atoms with Crippen molar-refractivity contribution in [2.45, 2.75) is 26.3 Å². The van der Waals surface area contributed by atoms with Gasteiger partial charge in [-0.25, -0.2) is 0 Å². The third-order valence-corrected chi connectivity index (χ3v) is 4.08. The first-order valence-electron chi connectivity index (χ1n) is 6.22. The van der Waals surface area contributed by atoms with Crippen LogP contribution in [0.15, 0.2) is 24.3 Å². The first-order chi connectivity index (χ1) is 8.54. The number of anilines is 1. The molecule has 1 aromatic rings. The summed E-state index contributed by atoms with van der Waals surface area (Å²) in [6.07, 6.45) is 0.442. The molecule has 1 unspecified atom stereocenters. The maximum Gasteiger partial charge on any atom is 0.226 e. The second-order valence-corrected chi connectivity index (χ2v) is 5.75. The lowest BCUT2D eigenvalue weighted by Crippen LogP contribution is -2.37. The molecule has 0 aliphatic rings. The van der Waals surface area contributed by atoms with Crippen LogP contribution >= 0.6 is 11.8 Å². The molecule has 1 aromatic carbocycles. The number of benzene rings is 1. The van der Waals surface area contributed by atoms with Crippen molar-refractivity contribution in [3.63, 3.8) is 0 Å². The van der Waals surface area contributed by atoms with Crippen molar-refractivity contribution < 1.29 is 4.79 Å². The summed E-state index contributed by atoms with van der Waals surface area (Å²) in [6.45, 7) is 4.22. The Morgan fingerprint density at radius 3 is 2.56 bits per heavy atom. The smallest absolute Gasteiger partial charge is 0.226 e. The largest absolute Gasteiger partial charge is 0.399 e. The van der Waals surface area contributed by atoms with Gasteiger partial charge in [0.1, 0.15) is 0 Å². The predicted octanol–water partition coefficient (Wildman–Crippen LogP) is 2.41. The molecule has 1 rings (SSSR count). The Bertz CT molecular complexity index is 378. The molecule has 0 saturated carbocycles. The summed E-state index contributed by atoms with van der Waals surface area (Å²) >= 11 is 1.86. The van der Waals surface area contributed by atoms with Crippen LogP contribution in [0, 0.1) is 0 Å². The number of nitrogens with zero attached hydrogens (tertiary/aromatic N) is 1. The van der Waals surface area contributed by atoms with Gasteiger partial charge in [0.05, 0.1) is 6.42 Å². The fourth-order valence-corrected chi connectivity index (χ4v) is 2.38. The van der Waals surface area contributed by atoms with Gasteiger partial charge in [-0.05, 0) is 30.4 Å². The van der Waals surface area contributed by atoms with Crippen molar-refractivity contribution in [3.05, 3.63) is 29.8 Å². The summed E-state index contributed by atoms with van der Waals surface area (Å²) in [5.41, 5.74) is 7.36. The number of hydrogen-bond donors (Lipinski definition) is 1. The molecule has 0 spiro atoms. The lowest BCUT2D eigenvalue weighted by atomic mass is 10.1. The topological polar surface area (TPSA) is 46.3 Å². The first kappa shape index (κ1) is 14.9. The predicted molar refractivity (Wildman–Crippen MR) is 79.8 cm³/mol. The third kappa shape index (κ3) is 4.61. The average Bonchev–Trinajstić information content (AvgIpc) is 2.37. The van der Waals surface area contributed by atoms with Crippen molar-refractivity contribution in [2.75, 3.05) is 24.3 Å². The zero-order chi connectivity index (χ0) is 13.5. The quantitative estimate of drug-likeness (QED) is 0.804. The fraction of sp³-hybridized carbons (Fsp3) is 0.500. The van der Waals surface area contributed by atoms with Crippen LogP contribution in [0.5, 0.6) is 0 Å². The minimum Gasteiger partial charge on any atom is -0.399 e. The molecular formula is C14H22N2OS. The van der Waals surface area contributed by atoms with Gasteiger partial charge in [-0.1, -0.05) is 19.1 Å². The molecule has 1 atom stereocenters. The SMILES string of the molecule is CCSCC(C)N(C)C(=O)Cc1ccc(N)cc1. The number of carbonyl (C=O) groups excluding carboxylic acids is 1. The standard InChI is InChI=1S/C14H22N2OS/c1-4-18-10-11(2)16(3)14(17)9-12-5-7-13(15)8-6-12/h5-8,11H,4,9-10,15H2,1-3H3. The van der Waals surface area contributed by atoms with Gasteiger partial charge < -0.3 is 10.6 Å². The van der Waals surface area contributed by atoms with Crippen LogP contribution < -0.4 is 5.73 Å². The van der Waals surface area contributed by atoms with E-state index in [1.54, 1.807) is 0 Å². The summed E-state index contributed by atoms with van der Waals surface area (Å²) in [5.74, 6) is 2.23. The molecule has 4 heteroatoms. The second kappa shape index (κ2) is 7.31. The number of likely N-dealkylation sites (N-methyl/N-ethyl adjacent to an activating group) is 1. The molecule has 0 bridgehead atoms. The summed E-state index contributed by atoms with van der Waals surface area (Å²) in [7, 11) is 1.88. The summed E-state index contributed by atoms with van der Waals surface area (Å²) in [6, 6.07) is 7.76. The van der Waals surface area contributed by atoms with Crippen LogP contribution in [0.25, 0.3) is 0 Å². The van der Waals surface area contributed by atoms with Crippen molar-refractivity contribution in [3.8, 4) is 0 Å². The van der Waals surface area contributed by atoms with Crippen LogP contribution in [0.1, 0.15) is 19.4 Å². The van der Waals surface area contributed by atoms with Gasteiger partial charge in [0.2, 0.25) is 5.91 Å². The molecule has 0 aliphatic carbocycles. The Labute approximate surface area is 114 Å². The van der Waals surface area contributed by atoms with E-state index in [-0.39, 0.29) is 11.9 Å². The van der Waals surface area contributed by atoms with Gasteiger partial charge >= 0.3 is 0 Å². The van der Waals surface area contributed by atoms with Crippen LogP contribution in [0.2, 0.25) is 0 Å². The molecule has 1 amide bonds. The zero-order valence-corrected chi connectivity index (χ0v) is 12.2. The Hall–Kier alpha value is -1.16. The van der Waals surface area contributed by atoms with Crippen LogP contribution in [-0.4, -0.2) is 35.4 Å². The highest BCUT2D eigenvalue weighted by Gasteiger charge is 2.15. The molecule has 18 heavy (non-hydrogen) atoms. The van der Waals surface area contributed by atoms with Crippen LogP contribution in [-0.2, 0) is 11.2 Å². The summed E-state index contributed by atoms with van der Waals surface area (Å²) in [5, 5.41) is 0. The van der Waals surface area contributed by atoms with Gasteiger partial charge in [-0.2, -0.15) is 11.8 Å². The van der Waals surface area contributed by atoms with Crippen LogP contribution in [0.4, 0.5) is 5.69 Å². The van der Waals surface area contributed by atoms with Crippen molar-refractivity contribution in [1.29, 1.82) is 0 Å². The molecule has 0 aliphatic heterocycles. The molecule has 0 heterocycles. The Kier molecular flexibility index (Phi) is 6.05. The van der Waals surface area contributed by atoms with E-state index < -0.39 is 0 Å². The van der Waals surface area contributed by atoms with Crippen molar-refractivity contribution >= 4 is 23.4 Å². The summed E-state index contributed by atoms with van der Waals surface area (Å²) < 4.78 is 0. The molecule has 0 radical (unpaired) electrons. The number of amides is 1. The second-order valence-electron chi connectivity index (χ2n) is 4.43. The highest BCUT2D eigenvalue weighted by molar-refractivity contribution is 7.99. The van der Waals surface area contributed by atoms with Gasteiger partial charge in [0.15, 0.2) is 0 Å². The minimum absolute atomic E-state index is 0.156. The van der Waals surface area contributed by atoms with E-state index in [9.17, 15) is 4.79 Å². The number of thioether (sulfide) groups is 1. The van der Waals surface area contributed by atoms with E-state index in [4.69, 9.17) is 5.73 Å². The Morgan fingerprint density at radius 2 is 2.00 bits per heavy atom. The molecule has 2 N–H and O–H groups in total. The Morgan fingerprint density at radius 1 is 1.39 bits per heavy atom. The van der Waals surface area contributed by atoms with Crippen LogP contribution in [0.3, 0.4) is 0 Å². The maximum absolute atomic E-state index is 12.1. The molecular weight excluding hydrogens is 244 g/mol. The van der Waals surface area contributed by atoms with Crippen molar-refractivity contribution in [2.24, 2.45) is 0 Å². The van der Waals surface area contributed by atoms with E-state index in [0.717, 1.165) is 22.8 Å². The van der Waals surface area contributed by atoms with Gasteiger partial charge in [0.25, 0.3) is 0 Å². The van der Waals surface area contributed by atoms with Gasteiger partial charge in [-0.3, -0.25) is 4.79 Å². The van der Waals surface area contributed by atoms with Gasteiger partial charge in [0, 0.05) is 24.5 Å². The Balaban J connectivity index is 2.51.